The quantitative estimate of drug-likeness (QED) is 0.579. The molecular weight excluding hydrogens is 128 g/mol. The van der Waals surface area contributed by atoms with Gasteiger partial charge >= 0.3 is 0 Å². The average Bonchev–Trinajstić information content (AvgIpc) is 1.90. The van der Waals surface area contributed by atoms with Crippen molar-refractivity contribution in [3.8, 4) is 0 Å². The van der Waals surface area contributed by atoms with Crippen LogP contribution < -0.4 is 0 Å². The highest BCUT2D eigenvalue weighted by molar-refractivity contribution is 7.81. The van der Waals surface area contributed by atoms with Crippen molar-refractivity contribution in [2.24, 2.45) is 5.92 Å². The Labute approximate surface area is 64.4 Å². The van der Waals surface area contributed by atoms with E-state index >= 15 is 0 Å². The van der Waals surface area contributed by atoms with Crippen LogP contribution in [0.15, 0.2) is 0 Å². The lowest BCUT2D eigenvalue weighted by molar-refractivity contribution is 0.466. The van der Waals surface area contributed by atoms with Crippen molar-refractivity contribution in [2.45, 2.75) is 45.3 Å². The molecule has 0 aliphatic heterocycles. The van der Waals surface area contributed by atoms with E-state index in [1.165, 1.54) is 19.3 Å². The third kappa shape index (κ3) is 3.14. The highest BCUT2D eigenvalue weighted by atomic mass is 32.1. The summed E-state index contributed by atoms with van der Waals surface area (Å²) in [5.41, 5.74) is 0. The third-order valence-corrected chi connectivity index (χ3v) is 2.80. The van der Waals surface area contributed by atoms with Gasteiger partial charge in [-0.2, -0.15) is 12.6 Å². The summed E-state index contributed by atoms with van der Waals surface area (Å²) >= 11 is 4.49. The topological polar surface area (TPSA) is 0 Å². The molecule has 1 unspecified atom stereocenters. The molecule has 56 valence electrons. The molecule has 0 amide bonds. The van der Waals surface area contributed by atoms with Crippen molar-refractivity contribution in [2.75, 3.05) is 0 Å². The van der Waals surface area contributed by atoms with Gasteiger partial charge in [-0.25, -0.2) is 0 Å². The van der Waals surface area contributed by atoms with Gasteiger partial charge in [-0.15, -0.1) is 0 Å². The lowest BCUT2D eigenvalue weighted by atomic mass is 9.98. The summed E-state index contributed by atoms with van der Waals surface area (Å²) in [6, 6.07) is 0. The van der Waals surface area contributed by atoms with E-state index < -0.39 is 0 Å². The first-order chi connectivity index (χ1) is 4.26. The standard InChI is InChI=1S/C8H18S/c1-4-7(5-2)8(9)6-3/h7-9H,4-6H2,1-3H3. The molecule has 0 aromatic rings. The monoisotopic (exact) mass is 146 g/mol. The van der Waals surface area contributed by atoms with E-state index in [0.29, 0.717) is 5.25 Å². The predicted octanol–water partition coefficient (Wildman–Crippen LogP) is 3.13. The molecule has 0 saturated heterocycles. The van der Waals surface area contributed by atoms with Crippen molar-refractivity contribution in [3.63, 3.8) is 0 Å². The van der Waals surface area contributed by atoms with Crippen LogP contribution in [-0.4, -0.2) is 5.25 Å². The van der Waals surface area contributed by atoms with Gasteiger partial charge in [0, 0.05) is 5.25 Å². The Kier molecular flexibility index (Phi) is 5.36. The normalized spacial score (nSPS) is 14.3. The lowest BCUT2D eigenvalue weighted by Crippen LogP contribution is -2.11. The zero-order chi connectivity index (χ0) is 7.28. The molecule has 9 heavy (non-hydrogen) atoms. The number of thiol groups is 1. The van der Waals surface area contributed by atoms with Crippen LogP contribution in [0.4, 0.5) is 0 Å². The van der Waals surface area contributed by atoms with Crippen LogP contribution in [-0.2, 0) is 0 Å². The summed E-state index contributed by atoms with van der Waals surface area (Å²) in [7, 11) is 0. The molecule has 0 fully saturated rings. The molecule has 0 aliphatic rings. The Bertz CT molecular complexity index is 57.6. The Morgan fingerprint density at radius 1 is 1.00 bits per heavy atom. The highest BCUT2D eigenvalue weighted by Gasteiger charge is 2.10. The maximum Gasteiger partial charge on any atom is 0.00422 e. The van der Waals surface area contributed by atoms with Gasteiger partial charge in [0.05, 0.1) is 0 Å². The molecule has 0 spiro atoms. The second kappa shape index (κ2) is 5.16. The van der Waals surface area contributed by atoms with Crippen LogP contribution in [0.5, 0.6) is 0 Å². The minimum Gasteiger partial charge on any atom is -0.176 e. The van der Waals surface area contributed by atoms with Crippen molar-refractivity contribution in [1.82, 2.24) is 0 Å². The Morgan fingerprint density at radius 2 is 1.44 bits per heavy atom. The molecule has 0 heterocycles. The van der Waals surface area contributed by atoms with E-state index in [1.54, 1.807) is 0 Å². The van der Waals surface area contributed by atoms with Gasteiger partial charge in [-0.3, -0.25) is 0 Å². The first kappa shape index (κ1) is 9.35. The van der Waals surface area contributed by atoms with E-state index in [2.05, 4.69) is 33.4 Å². The zero-order valence-corrected chi connectivity index (χ0v) is 7.62. The molecule has 0 nitrogen and oxygen atoms in total. The fourth-order valence-corrected chi connectivity index (χ4v) is 1.59. The lowest BCUT2D eigenvalue weighted by Gasteiger charge is -2.17. The van der Waals surface area contributed by atoms with Crippen LogP contribution >= 0.6 is 12.6 Å². The SMILES string of the molecule is CCC(S)C(CC)CC. The number of hydrogen-bond acceptors (Lipinski definition) is 1. The summed E-state index contributed by atoms with van der Waals surface area (Å²) in [4.78, 5) is 0. The van der Waals surface area contributed by atoms with Gasteiger partial charge in [0.1, 0.15) is 0 Å². The van der Waals surface area contributed by atoms with Gasteiger partial charge < -0.3 is 0 Å². The van der Waals surface area contributed by atoms with E-state index in [9.17, 15) is 0 Å². The average molecular weight is 146 g/mol. The first-order valence-corrected chi connectivity index (χ1v) is 4.45. The molecule has 0 aliphatic carbocycles. The minimum absolute atomic E-state index is 0.625. The van der Waals surface area contributed by atoms with E-state index in [1.807, 2.05) is 0 Å². The van der Waals surface area contributed by atoms with E-state index in [-0.39, 0.29) is 0 Å². The van der Waals surface area contributed by atoms with Gasteiger partial charge in [0.2, 0.25) is 0 Å². The van der Waals surface area contributed by atoms with Gasteiger partial charge in [-0.1, -0.05) is 33.6 Å². The fourth-order valence-electron chi connectivity index (χ4n) is 1.17. The molecule has 0 radical (unpaired) electrons. The van der Waals surface area contributed by atoms with E-state index in [4.69, 9.17) is 0 Å². The van der Waals surface area contributed by atoms with Crippen LogP contribution in [0.2, 0.25) is 0 Å². The summed E-state index contributed by atoms with van der Waals surface area (Å²) in [5.74, 6) is 0.832. The highest BCUT2D eigenvalue weighted by Crippen LogP contribution is 2.19. The summed E-state index contributed by atoms with van der Waals surface area (Å²) in [6.45, 7) is 6.69. The molecule has 0 aromatic heterocycles. The molecule has 0 bridgehead atoms. The molecular formula is C8H18S. The summed E-state index contributed by atoms with van der Waals surface area (Å²) < 4.78 is 0. The van der Waals surface area contributed by atoms with Crippen molar-refractivity contribution >= 4 is 12.6 Å². The predicted molar refractivity (Wildman–Crippen MR) is 47.1 cm³/mol. The molecule has 0 N–H and O–H groups in total. The summed E-state index contributed by atoms with van der Waals surface area (Å²) in [6.07, 6.45) is 3.76. The van der Waals surface area contributed by atoms with Crippen LogP contribution in [0, 0.1) is 5.92 Å². The number of hydrogen-bond donors (Lipinski definition) is 1. The fraction of sp³-hybridized carbons (Fsp3) is 1.00. The van der Waals surface area contributed by atoms with Crippen molar-refractivity contribution in [3.05, 3.63) is 0 Å². The van der Waals surface area contributed by atoms with Crippen molar-refractivity contribution in [1.29, 1.82) is 0 Å². The smallest absolute Gasteiger partial charge is 0.00422 e. The Balaban J connectivity index is 3.50. The maximum atomic E-state index is 4.49. The van der Waals surface area contributed by atoms with Gasteiger partial charge in [-0.05, 0) is 12.3 Å². The zero-order valence-electron chi connectivity index (χ0n) is 6.72. The van der Waals surface area contributed by atoms with Crippen LogP contribution in [0.1, 0.15) is 40.0 Å². The second-order valence-corrected chi connectivity index (χ2v) is 3.22. The first-order valence-electron chi connectivity index (χ1n) is 3.94. The van der Waals surface area contributed by atoms with Gasteiger partial charge in [0.15, 0.2) is 0 Å². The Morgan fingerprint density at radius 3 is 1.56 bits per heavy atom. The molecule has 0 aromatic carbocycles. The maximum absolute atomic E-state index is 4.49. The molecule has 1 atom stereocenters. The summed E-state index contributed by atoms with van der Waals surface area (Å²) in [5, 5.41) is 0.625. The van der Waals surface area contributed by atoms with Crippen LogP contribution in [0.25, 0.3) is 0 Å². The molecule has 0 rings (SSSR count). The molecule has 0 saturated carbocycles. The van der Waals surface area contributed by atoms with E-state index in [0.717, 1.165) is 5.92 Å². The second-order valence-electron chi connectivity index (χ2n) is 2.55. The third-order valence-electron chi connectivity index (χ3n) is 2.01. The minimum atomic E-state index is 0.625. The van der Waals surface area contributed by atoms with Crippen LogP contribution in [0.3, 0.4) is 0 Å². The van der Waals surface area contributed by atoms with Gasteiger partial charge in [0.25, 0.3) is 0 Å². The number of rotatable bonds is 4. The molecule has 1 heteroatoms. The van der Waals surface area contributed by atoms with Crippen molar-refractivity contribution < 1.29 is 0 Å². The largest absolute Gasteiger partial charge is 0.176 e. The Hall–Kier alpha value is 0.350.